The lowest BCUT2D eigenvalue weighted by Gasteiger charge is -2.08. The highest BCUT2D eigenvalue weighted by Crippen LogP contribution is 2.22. The molecule has 0 bridgehead atoms. The molecule has 0 spiro atoms. The van der Waals surface area contributed by atoms with Gasteiger partial charge in [-0.1, -0.05) is 17.7 Å². The van der Waals surface area contributed by atoms with E-state index < -0.39 is 0 Å². The number of ether oxygens (including phenoxy) is 1. The zero-order valence-electron chi connectivity index (χ0n) is 10.9. The molecular weight excluding hydrogens is 280 g/mol. The van der Waals surface area contributed by atoms with Gasteiger partial charge in [-0.2, -0.15) is 0 Å². The van der Waals surface area contributed by atoms with Crippen LogP contribution in [0.5, 0.6) is 0 Å². The summed E-state index contributed by atoms with van der Waals surface area (Å²) in [5, 5.41) is 0.718. The molecule has 1 aromatic rings. The van der Waals surface area contributed by atoms with Gasteiger partial charge in [0, 0.05) is 22.9 Å². The monoisotopic (exact) mass is 298 g/mol. The molecule has 1 aliphatic heterocycles. The molecule has 104 valence electrons. The summed E-state index contributed by atoms with van der Waals surface area (Å²) in [5.41, 5.74) is 0. The summed E-state index contributed by atoms with van der Waals surface area (Å²) in [6, 6.07) is 7.63. The Hall–Kier alpha value is -0.510. The minimum atomic E-state index is 0.308. The van der Waals surface area contributed by atoms with Crippen molar-refractivity contribution in [2.45, 2.75) is 43.1 Å². The SMILES string of the molecule is O=C(CCCC1CCCO1)CSc1cccc(Cl)c1. The number of Topliss-reactive ketones (excluding diaryl/α,β-unsaturated/α-hetero) is 1. The summed E-state index contributed by atoms with van der Waals surface area (Å²) in [6.45, 7) is 0.892. The van der Waals surface area contributed by atoms with E-state index in [1.807, 2.05) is 24.3 Å². The molecule has 1 unspecified atom stereocenters. The van der Waals surface area contributed by atoms with Crippen LogP contribution < -0.4 is 0 Å². The van der Waals surface area contributed by atoms with Gasteiger partial charge in [0.1, 0.15) is 5.78 Å². The Kier molecular flexibility index (Phi) is 6.21. The Balaban J connectivity index is 1.61. The van der Waals surface area contributed by atoms with E-state index in [2.05, 4.69) is 0 Å². The quantitative estimate of drug-likeness (QED) is 0.700. The third-order valence-corrected chi connectivity index (χ3v) is 4.49. The van der Waals surface area contributed by atoms with Gasteiger partial charge >= 0.3 is 0 Å². The molecule has 1 heterocycles. The summed E-state index contributed by atoms with van der Waals surface area (Å²) in [7, 11) is 0. The lowest BCUT2D eigenvalue weighted by Crippen LogP contribution is -2.07. The molecule has 2 nitrogen and oxygen atoms in total. The van der Waals surface area contributed by atoms with Crippen molar-refractivity contribution in [1.29, 1.82) is 0 Å². The van der Waals surface area contributed by atoms with Gasteiger partial charge in [-0.05, 0) is 43.9 Å². The largest absolute Gasteiger partial charge is 0.378 e. The summed E-state index contributed by atoms with van der Waals surface area (Å²) >= 11 is 7.46. The average Bonchev–Trinajstić information content (AvgIpc) is 2.90. The topological polar surface area (TPSA) is 26.3 Å². The van der Waals surface area contributed by atoms with Crippen molar-refractivity contribution < 1.29 is 9.53 Å². The number of halogens is 1. The van der Waals surface area contributed by atoms with Crippen LogP contribution in [0.25, 0.3) is 0 Å². The normalized spacial score (nSPS) is 18.7. The molecule has 4 heteroatoms. The molecule has 19 heavy (non-hydrogen) atoms. The smallest absolute Gasteiger partial charge is 0.143 e. The first-order valence-electron chi connectivity index (χ1n) is 6.76. The van der Waals surface area contributed by atoms with Crippen LogP contribution in [0.3, 0.4) is 0 Å². The van der Waals surface area contributed by atoms with E-state index in [0.29, 0.717) is 24.1 Å². The maximum atomic E-state index is 11.8. The van der Waals surface area contributed by atoms with Crippen LogP contribution in [-0.4, -0.2) is 24.2 Å². The highest BCUT2D eigenvalue weighted by atomic mass is 35.5. The molecule has 2 rings (SSSR count). The number of rotatable bonds is 7. The summed E-state index contributed by atoms with van der Waals surface area (Å²) < 4.78 is 5.55. The Labute approximate surface area is 123 Å². The van der Waals surface area contributed by atoms with Crippen molar-refractivity contribution in [2.75, 3.05) is 12.4 Å². The van der Waals surface area contributed by atoms with Crippen LogP contribution in [0.15, 0.2) is 29.2 Å². The molecule has 1 atom stereocenters. The maximum Gasteiger partial charge on any atom is 0.143 e. The molecule has 0 aliphatic carbocycles. The fourth-order valence-corrected chi connectivity index (χ4v) is 3.30. The number of ketones is 1. The molecule has 0 saturated carbocycles. The van der Waals surface area contributed by atoms with E-state index in [0.717, 1.165) is 35.8 Å². The van der Waals surface area contributed by atoms with Gasteiger partial charge < -0.3 is 4.74 Å². The second kappa shape index (κ2) is 7.93. The molecule has 0 N–H and O–H groups in total. The molecule has 1 aliphatic rings. The molecule has 0 amide bonds. The number of carbonyl (C=O) groups is 1. The van der Waals surface area contributed by atoms with Crippen molar-refractivity contribution in [3.63, 3.8) is 0 Å². The number of benzene rings is 1. The molecule has 0 radical (unpaired) electrons. The van der Waals surface area contributed by atoms with Gasteiger partial charge in [0.05, 0.1) is 11.9 Å². The minimum Gasteiger partial charge on any atom is -0.378 e. The van der Waals surface area contributed by atoms with Gasteiger partial charge in [0.2, 0.25) is 0 Å². The van der Waals surface area contributed by atoms with Crippen molar-refractivity contribution in [2.24, 2.45) is 0 Å². The molecule has 1 saturated heterocycles. The number of carbonyl (C=O) groups excluding carboxylic acids is 1. The Morgan fingerprint density at radius 2 is 2.37 bits per heavy atom. The number of hydrogen-bond donors (Lipinski definition) is 0. The summed E-state index contributed by atoms with van der Waals surface area (Å²) in [4.78, 5) is 12.8. The van der Waals surface area contributed by atoms with Gasteiger partial charge in [0.25, 0.3) is 0 Å². The standard InChI is InChI=1S/C15H19ClO2S/c16-12-4-1-8-15(10-12)19-11-13(17)5-2-6-14-7-3-9-18-14/h1,4,8,10,14H,2-3,5-7,9,11H2. The third kappa shape index (κ3) is 5.55. The van der Waals surface area contributed by atoms with Gasteiger partial charge in [-0.3, -0.25) is 4.79 Å². The van der Waals surface area contributed by atoms with E-state index in [-0.39, 0.29) is 0 Å². The van der Waals surface area contributed by atoms with Crippen molar-refractivity contribution in [3.8, 4) is 0 Å². The van der Waals surface area contributed by atoms with E-state index in [9.17, 15) is 4.79 Å². The summed E-state index contributed by atoms with van der Waals surface area (Å²) in [6.07, 6.45) is 5.35. The Bertz CT molecular complexity index is 416. The van der Waals surface area contributed by atoms with Crippen molar-refractivity contribution >= 4 is 29.1 Å². The van der Waals surface area contributed by atoms with Crippen molar-refractivity contribution in [3.05, 3.63) is 29.3 Å². The van der Waals surface area contributed by atoms with Crippen LogP contribution in [0.4, 0.5) is 0 Å². The fourth-order valence-electron chi connectivity index (χ4n) is 2.19. The highest BCUT2D eigenvalue weighted by Gasteiger charge is 2.15. The lowest BCUT2D eigenvalue weighted by molar-refractivity contribution is -0.116. The first kappa shape index (κ1) is 14.9. The molecular formula is C15H19ClO2S. The zero-order valence-corrected chi connectivity index (χ0v) is 12.5. The predicted molar refractivity (Wildman–Crippen MR) is 80.0 cm³/mol. The average molecular weight is 299 g/mol. The van der Waals surface area contributed by atoms with Gasteiger partial charge in [-0.15, -0.1) is 11.8 Å². The molecule has 0 aromatic heterocycles. The molecule has 1 aromatic carbocycles. The number of thioether (sulfide) groups is 1. The van der Waals surface area contributed by atoms with E-state index in [1.165, 1.54) is 6.42 Å². The van der Waals surface area contributed by atoms with E-state index in [4.69, 9.17) is 16.3 Å². The maximum absolute atomic E-state index is 11.8. The van der Waals surface area contributed by atoms with Crippen molar-refractivity contribution in [1.82, 2.24) is 0 Å². The predicted octanol–water partition coefficient (Wildman–Crippen LogP) is 4.35. The van der Waals surface area contributed by atoms with Gasteiger partial charge in [-0.25, -0.2) is 0 Å². The second-order valence-electron chi connectivity index (χ2n) is 4.81. The van der Waals surface area contributed by atoms with Crippen LogP contribution in [-0.2, 0) is 9.53 Å². The van der Waals surface area contributed by atoms with Crippen LogP contribution in [0, 0.1) is 0 Å². The first-order valence-corrected chi connectivity index (χ1v) is 8.12. The molecule has 1 fully saturated rings. The van der Waals surface area contributed by atoms with Crippen LogP contribution >= 0.6 is 23.4 Å². The Morgan fingerprint density at radius 3 is 3.11 bits per heavy atom. The van der Waals surface area contributed by atoms with E-state index >= 15 is 0 Å². The fraction of sp³-hybridized carbons (Fsp3) is 0.533. The van der Waals surface area contributed by atoms with Crippen LogP contribution in [0.1, 0.15) is 32.1 Å². The minimum absolute atomic E-state index is 0.308. The Morgan fingerprint density at radius 1 is 1.47 bits per heavy atom. The number of hydrogen-bond acceptors (Lipinski definition) is 3. The second-order valence-corrected chi connectivity index (χ2v) is 6.30. The highest BCUT2D eigenvalue weighted by molar-refractivity contribution is 8.00. The zero-order chi connectivity index (χ0) is 13.5. The first-order chi connectivity index (χ1) is 9.24. The summed E-state index contributed by atoms with van der Waals surface area (Å²) in [5.74, 6) is 0.842. The third-order valence-electron chi connectivity index (χ3n) is 3.20. The van der Waals surface area contributed by atoms with Crippen LogP contribution in [0.2, 0.25) is 5.02 Å². The lowest BCUT2D eigenvalue weighted by atomic mass is 10.1. The van der Waals surface area contributed by atoms with E-state index in [1.54, 1.807) is 11.8 Å². The van der Waals surface area contributed by atoms with Gasteiger partial charge in [0.15, 0.2) is 0 Å².